The van der Waals surface area contributed by atoms with E-state index in [1.807, 2.05) is 36.5 Å². The van der Waals surface area contributed by atoms with E-state index in [9.17, 15) is 4.79 Å². The van der Waals surface area contributed by atoms with Gasteiger partial charge in [-0.05, 0) is 44.9 Å². The van der Waals surface area contributed by atoms with E-state index in [2.05, 4.69) is 47.7 Å². The molecule has 3 atom stereocenters. The lowest BCUT2D eigenvalue weighted by atomic mass is 10.0. The highest BCUT2D eigenvalue weighted by molar-refractivity contribution is 5.92. The van der Waals surface area contributed by atoms with Crippen LogP contribution >= 0.6 is 0 Å². The molecule has 1 amide bonds. The Bertz CT molecular complexity index is 1050. The number of aryl methyl sites for hydroxylation is 2. The minimum atomic E-state index is -0.0742. The van der Waals surface area contributed by atoms with Crippen LogP contribution in [0.3, 0.4) is 0 Å². The van der Waals surface area contributed by atoms with Crippen molar-refractivity contribution in [1.29, 1.82) is 0 Å². The molecule has 2 aromatic heterocycles. The molecule has 4 rings (SSSR count). The lowest BCUT2D eigenvalue weighted by molar-refractivity contribution is -0.119. The maximum atomic E-state index is 11.6. The van der Waals surface area contributed by atoms with Gasteiger partial charge in [0, 0.05) is 49.4 Å². The Kier molecular flexibility index (Phi) is 5.06. The van der Waals surface area contributed by atoms with Crippen molar-refractivity contribution < 1.29 is 9.53 Å². The van der Waals surface area contributed by atoms with Crippen LogP contribution < -0.4 is 10.1 Å². The standard InChI is InChI=1S/C22H29N5O2/c1-6-13(2)27-12-18(11-24-27)16-7-19-22(14(3)26(5)25-19)20(8-16)29-15(4)17-9-21(28)23-10-17/h7-8,11-13,15,17H,6,9-10H2,1-5H3,(H,23,28)/t13?,15-,17-/m1/s1. The van der Waals surface area contributed by atoms with Crippen molar-refractivity contribution in [1.82, 2.24) is 24.9 Å². The Morgan fingerprint density at radius 3 is 2.79 bits per heavy atom. The molecule has 1 N–H and O–H groups in total. The molecule has 0 saturated carbocycles. The maximum absolute atomic E-state index is 11.6. The van der Waals surface area contributed by atoms with Crippen LogP contribution in [0.5, 0.6) is 5.75 Å². The van der Waals surface area contributed by atoms with Crippen molar-refractivity contribution in [3.63, 3.8) is 0 Å². The minimum absolute atomic E-state index is 0.0742. The molecule has 1 saturated heterocycles. The van der Waals surface area contributed by atoms with Gasteiger partial charge in [0.2, 0.25) is 5.91 Å². The molecule has 29 heavy (non-hydrogen) atoms. The molecular formula is C22H29N5O2. The molecule has 3 aromatic rings. The second-order valence-corrected chi connectivity index (χ2v) is 8.14. The van der Waals surface area contributed by atoms with Gasteiger partial charge >= 0.3 is 0 Å². The molecule has 0 bridgehead atoms. The molecule has 1 aromatic carbocycles. The molecule has 1 aliphatic rings. The van der Waals surface area contributed by atoms with Gasteiger partial charge in [0.25, 0.3) is 0 Å². The monoisotopic (exact) mass is 395 g/mol. The topological polar surface area (TPSA) is 74.0 Å². The van der Waals surface area contributed by atoms with Crippen LogP contribution in [0.2, 0.25) is 0 Å². The van der Waals surface area contributed by atoms with Gasteiger partial charge in [-0.25, -0.2) is 0 Å². The fourth-order valence-corrected chi connectivity index (χ4v) is 3.87. The highest BCUT2D eigenvalue weighted by Crippen LogP contribution is 2.36. The molecule has 7 nitrogen and oxygen atoms in total. The number of hydrogen-bond donors (Lipinski definition) is 1. The third-order valence-electron chi connectivity index (χ3n) is 6.15. The molecule has 0 aliphatic carbocycles. The number of nitrogens with one attached hydrogen (secondary N) is 1. The van der Waals surface area contributed by atoms with Crippen LogP contribution in [-0.4, -0.2) is 38.1 Å². The van der Waals surface area contributed by atoms with Gasteiger partial charge in [0.05, 0.1) is 17.1 Å². The average Bonchev–Trinajstić information content (AvgIpc) is 3.41. The summed E-state index contributed by atoms with van der Waals surface area (Å²) in [7, 11) is 1.95. The predicted molar refractivity (Wildman–Crippen MR) is 113 cm³/mol. The molecule has 1 unspecified atom stereocenters. The lowest BCUT2D eigenvalue weighted by Crippen LogP contribution is -2.25. The molecule has 154 valence electrons. The Balaban J connectivity index is 1.73. The van der Waals surface area contributed by atoms with Crippen molar-refractivity contribution in [2.75, 3.05) is 6.54 Å². The largest absolute Gasteiger partial charge is 0.490 e. The Labute approximate surface area is 171 Å². The third kappa shape index (κ3) is 3.61. The fraction of sp³-hybridized carbons (Fsp3) is 0.500. The maximum Gasteiger partial charge on any atom is 0.220 e. The summed E-state index contributed by atoms with van der Waals surface area (Å²) in [6, 6.07) is 4.53. The number of carbonyl (C=O) groups excluding carboxylic acids is 1. The number of amides is 1. The number of aromatic nitrogens is 4. The van der Waals surface area contributed by atoms with Gasteiger partial charge in [-0.3, -0.25) is 14.2 Å². The van der Waals surface area contributed by atoms with Gasteiger partial charge in [-0.2, -0.15) is 10.2 Å². The summed E-state index contributed by atoms with van der Waals surface area (Å²) in [5, 5.41) is 13.1. The van der Waals surface area contributed by atoms with Crippen LogP contribution in [0.15, 0.2) is 24.5 Å². The zero-order chi connectivity index (χ0) is 20.7. The lowest BCUT2D eigenvalue weighted by Gasteiger charge is -2.20. The van der Waals surface area contributed by atoms with Crippen LogP contribution in [0.1, 0.15) is 45.3 Å². The summed E-state index contributed by atoms with van der Waals surface area (Å²) < 4.78 is 10.3. The first-order valence-corrected chi connectivity index (χ1v) is 10.3. The van der Waals surface area contributed by atoms with E-state index in [0.717, 1.165) is 39.9 Å². The van der Waals surface area contributed by atoms with E-state index in [0.29, 0.717) is 19.0 Å². The number of hydrogen-bond acceptors (Lipinski definition) is 4. The number of fused-ring (bicyclic) bond motifs is 1. The van der Waals surface area contributed by atoms with Crippen LogP contribution in [0, 0.1) is 12.8 Å². The summed E-state index contributed by atoms with van der Waals surface area (Å²) in [6.45, 7) is 9.07. The first-order chi connectivity index (χ1) is 13.9. The van der Waals surface area contributed by atoms with Gasteiger partial charge in [0.15, 0.2) is 0 Å². The molecule has 1 fully saturated rings. The van der Waals surface area contributed by atoms with Crippen molar-refractivity contribution in [3.05, 3.63) is 30.2 Å². The highest BCUT2D eigenvalue weighted by Gasteiger charge is 2.29. The van der Waals surface area contributed by atoms with Gasteiger partial charge in [-0.1, -0.05) is 6.92 Å². The molecule has 0 radical (unpaired) electrons. The van der Waals surface area contributed by atoms with Crippen LogP contribution in [-0.2, 0) is 11.8 Å². The summed E-state index contributed by atoms with van der Waals surface area (Å²) in [6.07, 6.45) is 5.44. The van der Waals surface area contributed by atoms with E-state index in [1.165, 1.54) is 0 Å². The number of rotatable bonds is 6. The predicted octanol–water partition coefficient (Wildman–Crippen LogP) is 3.62. The second kappa shape index (κ2) is 7.54. The van der Waals surface area contributed by atoms with E-state index in [-0.39, 0.29) is 17.9 Å². The molecule has 3 heterocycles. The molecule has 0 spiro atoms. The summed E-state index contributed by atoms with van der Waals surface area (Å²) in [5.41, 5.74) is 4.05. The van der Waals surface area contributed by atoms with Crippen molar-refractivity contribution in [2.24, 2.45) is 13.0 Å². The molecular weight excluding hydrogens is 366 g/mol. The molecule has 1 aliphatic heterocycles. The van der Waals surface area contributed by atoms with Crippen molar-refractivity contribution in [3.8, 4) is 16.9 Å². The van der Waals surface area contributed by atoms with Crippen LogP contribution in [0.25, 0.3) is 22.0 Å². The average molecular weight is 396 g/mol. The number of ether oxygens (including phenoxy) is 1. The minimum Gasteiger partial charge on any atom is -0.490 e. The Hall–Kier alpha value is -2.83. The zero-order valence-electron chi connectivity index (χ0n) is 17.8. The first-order valence-electron chi connectivity index (χ1n) is 10.3. The van der Waals surface area contributed by atoms with Gasteiger partial charge in [0.1, 0.15) is 11.9 Å². The summed E-state index contributed by atoms with van der Waals surface area (Å²) in [4.78, 5) is 11.6. The number of benzene rings is 1. The fourth-order valence-electron chi connectivity index (χ4n) is 3.87. The zero-order valence-corrected chi connectivity index (χ0v) is 17.8. The summed E-state index contributed by atoms with van der Waals surface area (Å²) >= 11 is 0. The number of carbonyl (C=O) groups is 1. The summed E-state index contributed by atoms with van der Waals surface area (Å²) in [5.74, 6) is 1.08. The SMILES string of the molecule is CCC(C)n1cc(-c2cc(O[C@H](C)[C@H]3CNC(=O)C3)c3c(C)n(C)nc3c2)cn1. The smallest absolute Gasteiger partial charge is 0.220 e. The Morgan fingerprint density at radius 2 is 2.10 bits per heavy atom. The van der Waals surface area contributed by atoms with Crippen molar-refractivity contribution in [2.45, 2.75) is 52.7 Å². The van der Waals surface area contributed by atoms with E-state index < -0.39 is 0 Å². The van der Waals surface area contributed by atoms with Gasteiger partial charge in [-0.15, -0.1) is 0 Å². The van der Waals surface area contributed by atoms with Crippen molar-refractivity contribution >= 4 is 16.8 Å². The molecule has 7 heteroatoms. The quantitative estimate of drug-likeness (QED) is 0.692. The van der Waals surface area contributed by atoms with Crippen LogP contribution in [0.4, 0.5) is 0 Å². The van der Waals surface area contributed by atoms with E-state index in [1.54, 1.807) is 0 Å². The Morgan fingerprint density at radius 1 is 1.31 bits per heavy atom. The van der Waals surface area contributed by atoms with Gasteiger partial charge < -0.3 is 10.1 Å². The second-order valence-electron chi connectivity index (χ2n) is 8.14. The highest BCUT2D eigenvalue weighted by atomic mass is 16.5. The number of nitrogens with zero attached hydrogens (tertiary/aromatic N) is 4. The third-order valence-corrected chi connectivity index (χ3v) is 6.15. The van der Waals surface area contributed by atoms with E-state index >= 15 is 0 Å². The first kappa shape index (κ1) is 19.5. The van der Waals surface area contributed by atoms with E-state index in [4.69, 9.17) is 4.74 Å². The normalized spacial score (nSPS) is 18.8.